The lowest BCUT2D eigenvalue weighted by Crippen LogP contribution is -2.40. The number of aliphatic carboxylic acids is 1. The van der Waals surface area contributed by atoms with E-state index in [1.165, 1.54) is 4.31 Å². The van der Waals surface area contributed by atoms with Crippen molar-refractivity contribution < 1.29 is 40.7 Å². The fourth-order valence-corrected chi connectivity index (χ4v) is 8.26. The van der Waals surface area contributed by atoms with E-state index in [0.29, 0.717) is 48.5 Å². The molecular formula is C33H32F4N4O5S. The Bertz CT molecular complexity index is 1970. The van der Waals surface area contributed by atoms with E-state index in [0.717, 1.165) is 17.4 Å². The molecular weight excluding hydrogens is 640 g/mol. The van der Waals surface area contributed by atoms with Crippen LogP contribution in [0.15, 0.2) is 65.6 Å². The van der Waals surface area contributed by atoms with Gasteiger partial charge in [-0.3, -0.25) is 13.9 Å². The molecule has 3 atom stereocenters. The van der Waals surface area contributed by atoms with Gasteiger partial charge in [0.1, 0.15) is 11.6 Å². The molecule has 0 saturated heterocycles. The highest BCUT2D eigenvalue weighted by atomic mass is 32.2. The summed E-state index contributed by atoms with van der Waals surface area (Å²) in [5, 5.41) is 12.5. The van der Waals surface area contributed by atoms with Crippen LogP contribution in [0.5, 0.6) is 0 Å². The van der Waals surface area contributed by atoms with Crippen molar-refractivity contribution in [3.05, 3.63) is 83.4 Å². The first-order valence-electron chi connectivity index (χ1n) is 15.1. The third kappa shape index (κ3) is 6.18. The van der Waals surface area contributed by atoms with Gasteiger partial charge in [-0.15, -0.1) is 0 Å². The molecule has 14 heteroatoms. The van der Waals surface area contributed by atoms with Crippen LogP contribution in [0.2, 0.25) is 0 Å². The van der Waals surface area contributed by atoms with Gasteiger partial charge in [0, 0.05) is 13.1 Å². The van der Waals surface area contributed by atoms with Gasteiger partial charge in [0.15, 0.2) is 0 Å². The largest absolute Gasteiger partial charge is 0.481 e. The van der Waals surface area contributed by atoms with Crippen LogP contribution in [0.4, 0.5) is 28.9 Å². The fraction of sp³-hybridized carbons (Fsp3) is 0.364. The van der Waals surface area contributed by atoms with Crippen LogP contribution in [-0.4, -0.2) is 41.0 Å². The average Bonchev–Trinajstić information content (AvgIpc) is 3.81. The van der Waals surface area contributed by atoms with Crippen molar-refractivity contribution >= 4 is 44.3 Å². The van der Waals surface area contributed by atoms with Gasteiger partial charge >= 0.3 is 12.1 Å². The minimum absolute atomic E-state index is 0.107. The van der Waals surface area contributed by atoms with Gasteiger partial charge in [-0.1, -0.05) is 18.6 Å². The highest BCUT2D eigenvalue weighted by Crippen LogP contribution is 2.44. The Balaban J connectivity index is 1.24. The van der Waals surface area contributed by atoms with E-state index in [9.17, 15) is 40.7 Å². The number of amides is 1. The molecule has 1 aromatic heterocycles. The summed E-state index contributed by atoms with van der Waals surface area (Å²) < 4.78 is 84.4. The summed E-state index contributed by atoms with van der Waals surface area (Å²) in [6.07, 6.45) is -2.30. The van der Waals surface area contributed by atoms with Crippen molar-refractivity contribution in [2.24, 2.45) is 18.9 Å². The van der Waals surface area contributed by atoms with E-state index < -0.39 is 62.9 Å². The fourth-order valence-electron chi connectivity index (χ4n) is 6.53. The van der Waals surface area contributed by atoms with Crippen molar-refractivity contribution in [2.75, 3.05) is 9.62 Å². The van der Waals surface area contributed by atoms with Gasteiger partial charge < -0.3 is 15.0 Å². The van der Waals surface area contributed by atoms with Crippen molar-refractivity contribution in [3.63, 3.8) is 0 Å². The number of carbonyl (C=O) groups excluding carboxylic acids is 1. The molecule has 3 aromatic carbocycles. The number of carbonyl (C=O) groups is 2. The number of fused-ring (bicyclic) bond motifs is 1. The number of imidazole rings is 1. The third-order valence-corrected chi connectivity index (χ3v) is 11.0. The molecule has 9 nitrogen and oxygen atoms in total. The van der Waals surface area contributed by atoms with Crippen molar-refractivity contribution in [2.45, 2.75) is 62.1 Å². The number of carboxylic acids is 1. The Morgan fingerprint density at radius 1 is 1.00 bits per heavy atom. The molecule has 248 valence electrons. The number of hydrogen-bond donors (Lipinski definition) is 2. The maximum Gasteiger partial charge on any atom is 0.416 e. The summed E-state index contributed by atoms with van der Waals surface area (Å²) in [4.78, 5) is 30.3. The number of anilines is 2. The Labute approximate surface area is 268 Å². The molecule has 0 radical (unpaired) electrons. The quantitative estimate of drug-likeness (QED) is 0.203. The van der Waals surface area contributed by atoms with Crippen LogP contribution in [0.25, 0.3) is 11.0 Å². The van der Waals surface area contributed by atoms with Crippen LogP contribution < -0.4 is 9.62 Å². The Kier molecular flexibility index (Phi) is 8.27. The van der Waals surface area contributed by atoms with Crippen LogP contribution in [0.1, 0.15) is 55.0 Å². The summed E-state index contributed by atoms with van der Waals surface area (Å²) in [5.41, 5.74) is 0.697. The second-order valence-electron chi connectivity index (χ2n) is 12.2. The number of sulfonamides is 1. The summed E-state index contributed by atoms with van der Waals surface area (Å²) in [6.45, 7) is 1.83. The number of aromatic nitrogens is 2. The van der Waals surface area contributed by atoms with Crippen LogP contribution >= 0.6 is 0 Å². The number of nitrogens with one attached hydrogen (secondary N) is 1. The molecule has 0 bridgehead atoms. The van der Waals surface area contributed by atoms with E-state index in [4.69, 9.17) is 0 Å². The standard InChI is InChI=1S/C33H32F4N4O5S/c1-18-38-28-17-23(13-15-29(28)40(18)2)47(45,46)41(22-11-12-22)21-9-6-19(7-10-21)24-4-3-5-25(30(24)32(43)44)31(42)39-27-14-8-20(16-26(27)34)33(35,36)37/h6-10,13-17,22,24-25,30H,3-5,11-12H2,1-2H3,(H,39,42)(H,43,44)/t24-,25-,30-/m1/s1. The second kappa shape index (κ2) is 12.0. The first-order chi connectivity index (χ1) is 22.2. The van der Waals surface area contributed by atoms with E-state index in [2.05, 4.69) is 10.3 Å². The van der Waals surface area contributed by atoms with Crippen LogP contribution in [0, 0.1) is 24.6 Å². The molecule has 2 saturated carbocycles. The first-order valence-corrected chi connectivity index (χ1v) is 16.6. The summed E-state index contributed by atoms with van der Waals surface area (Å²) in [5.74, 6) is -5.49. The topological polar surface area (TPSA) is 122 Å². The predicted molar refractivity (Wildman–Crippen MR) is 166 cm³/mol. The van der Waals surface area contributed by atoms with Gasteiger partial charge in [0.05, 0.1) is 44.7 Å². The third-order valence-electron chi connectivity index (χ3n) is 9.16. The predicted octanol–water partition coefficient (Wildman–Crippen LogP) is 6.62. The minimum Gasteiger partial charge on any atom is -0.481 e. The number of halogens is 4. The first kappa shape index (κ1) is 32.5. The number of benzene rings is 3. The van der Waals surface area contributed by atoms with Crippen LogP contribution in [0.3, 0.4) is 0 Å². The van der Waals surface area contributed by atoms with E-state index in [-0.39, 0.29) is 23.4 Å². The molecule has 2 N–H and O–H groups in total. The molecule has 1 heterocycles. The van der Waals surface area contributed by atoms with Gasteiger partial charge in [-0.25, -0.2) is 17.8 Å². The maximum atomic E-state index is 14.5. The molecule has 1 amide bonds. The SMILES string of the molecule is Cc1nc2cc(S(=O)(=O)N(c3ccc([C@H]4CCC[C@@H](C(=O)Nc5ccc(C(F)(F)F)cc5F)[C@@H]4C(=O)O)cc3)C3CC3)ccc2n1C. The molecule has 0 unspecified atom stereocenters. The highest BCUT2D eigenvalue weighted by Gasteiger charge is 2.44. The lowest BCUT2D eigenvalue weighted by Gasteiger charge is -2.35. The number of nitrogens with zero attached hydrogens (tertiary/aromatic N) is 3. The lowest BCUT2D eigenvalue weighted by molar-refractivity contribution is -0.148. The van der Waals surface area contributed by atoms with Gasteiger partial charge in [-0.05, 0) is 92.6 Å². The minimum atomic E-state index is -4.77. The van der Waals surface area contributed by atoms with Crippen molar-refractivity contribution in [1.82, 2.24) is 9.55 Å². The maximum absolute atomic E-state index is 14.5. The number of aryl methyl sites for hydroxylation is 2. The highest BCUT2D eigenvalue weighted by molar-refractivity contribution is 7.92. The smallest absolute Gasteiger partial charge is 0.416 e. The monoisotopic (exact) mass is 672 g/mol. The zero-order valence-electron chi connectivity index (χ0n) is 25.5. The van der Waals surface area contributed by atoms with Gasteiger partial charge in [0.2, 0.25) is 5.91 Å². The summed E-state index contributed by atoms with van der Waals surface area (Å²) in [7, 11) is -2.12. The normalized spacial score (nSPS) is 20.3. The molecule has 6 rings (SSSR count). The summed E-state index contributed by atoms with van der Waals surface area (Å²) in [6, 6.07) is 12.9. The summed E-state index contributed by atoms with van der Waals surface area (Å²) >= 11 is 0. The van der Waals surface area contributed by atoms with E-state index in [1.54, 1.807) is 42.5 Å². The zero-order valence-corrected chi connectivity index (χ0v) is 26.3. The average molecular weight is 673 g/mol. The number of hydrogen-bond acceptors (Lipinski definition) is 5. The van der Waals surface area contributed by atoms with Crippen molar-refractivity contribution in [3.8, 4) is 0 Å². The molecule has 4 aromatic rings. The second-order valence-corrected chi connectivity index (χ2v) is 14.0. The van der Waals surface area contributed by atoms with Gasteiger partial charge in [0.25, 0.3) is 10.0 Å². The zero-order chi connectivity index (χ0) is 33.8. The lowest BCUT2D eigenvalue weighted by atomic mass is 9.69. The molecule has 2 aliphatic rings. The van der Waals surface area contributed by atoms with Gasteiger partial charge in [-0.2, -0.15) is 13.2 Å². The molecule has 0 aliphatic heterocycles. The Morgan fingerprint density at radius 3 is 2.32 bits per heavy atom. The molecule has 47 heavy (non-hydrogen) atoms. The number of carboxylic acid groups (broad SMARTS) is 1. The van der Waals surface area contributed by atoms with Crippen molar-refractivity contribution in [1.29, 1.82) is 0 Å². The molecule has 2 aliphatic carbocycles. The Morgan fingerprint density at radius 2 is 1.70 bits per heavy atom. The number of alkyl halides is 3. The van der Waals surface area contributed by atoms with E-state index in [1.807, 2.05) is 18.5 Å². The van der Waals surface area contributed by atoms with Crippen LogP contribution in [-0.2, 0) is 32.8 Å². The molecule has 2 fully saturated rings. The number of rotatable bonds is 8. The Hall–Kier alpha value is -4.46. The molecule has 0 spiro atoms. The van der Waals surface area contributed by atoms with E-state index >= 15 is 0 Å².